The lowest BCUT2D eigenvalue weighted by Gasteiger charge is -2.27. The van der Waals surface area contributed by atoms with Crippen LogP contribution in [0, 0.1) is 5.41 Å². The maximum Gasteiger partial charge on any atom is 0.283 e. The number of amides is 1. The van der Waals surface area contributed by atoms with Gasteiger partial charge in [0, 0.05) is 17.3 Å². The SMILES string of the molecule is C=CCc1ccccc1OCCn1cccc1/C=C1\C(=N)N2C(c3ccccc3)=CSC2=NC1=O. The summed E-state index contributed by atoms with van der Waals surface area (Å²) in [5.74, 6) is 0.568. The van der Waals surface area contributed by atoms with Crippen LogP contribution in [0.2, 0.25) is 0 Å². The van der Waals surface area contributed by atoms with Crippen molar-refractivity contribution in [1.82, 2.24) is 9.47 Å². The van der Waals surface area contributed by atoms with Gasteiger partial charge < -0.3 is 9.30 Å². The third kappa shape index (κ3) is 4.63. The highest BCUT2D eigenvalue weighted by Gasteiger charge is 2.36. The minimum absolute atomic E-state index is 0.127. The first-order chi connectivity index (χ1) is 17.2. The molecule has 0 fully saturated rings. The Morgan fingerprint density at radius 2 is 1.86 bits per heavy atom. The van der Waals surface area contributed by atoms with E-state index in [9.17, 15) is 4.79 Å². The number of rotatable bonds is 8. The highest BCUT2D eigenvalue weighted by molar-refractivity contribution is 8.17. The van der Waals surface area contributed by atoms with E-state index in [1.807, 2.05) is 89.0 Å². The van der Waals surface area contributed by atoms with E-state index in [1.165, 1.54) is 11.8 Å². The zero-order chi connectivity index (χ0) is 24.2. The van der Waals surface area contributed by atoms with E-state index in [4.69, 9.17) is 10.1 Å². The number of amidine groups is 2. The van der Waals surface area contributed by atoms with Gasteiger partial charge in [-0.1, -0.05) is 66.4 Å². The second-order valence-electron chi connectivity index (χ2n) is 8.00. The highest BCUT2D eigenvalue weighted by Crippen LogP contribution is 2.37. The Balaban J connectivity index is 1.34. The van der Waals surface area contributed by atoms with E-state index in [0.717, 1.165) is 34.7 Å². The van der Waals surface area contributed by atoms with Gasteiger partial charge in [0.15, 0.2) is 5.17 Å². The van der Waals surface area contributed by atoms with Crippen LogP contribution in [0.25, 0.3) is 11.8 Å². The second-order valence-corrected chi connectivity index (χ2v) is 8.84. The topological polar surface area (TPSA) is 70.7 Å². The molecule has 1 aromatic heterocycles. The standard InChI is InChI=1S/C28H24N4O2S/c1-2-9-21-12-6-7-14-25(21)34-17-16-31-15-8-13-22(31)18-23-26(29)32-24(20-10-4-3-5-11-20)19-35-28(32)30-27(23)33/h2-8,10-15,18-19,29H,1,9,16-17H2/b23-18+,29-26?. The molecule has 6 nitrogen and oxygen atoms in total. The van der Waals surface area contributed by atoms with E-state index in [2.05, 4.69) is 11.6 Å². The number of allylic oxidation sites excluding steroid dienone is 1. The first-order valence-electron chi connectivity index (χ1n) is 11.3. The molecule has 0 saturated carbocycles. The van der Waals surface area contributed by atoms with Crippen molar-refractivity contribution < 1.29 is 9.53 Å². The molecule has 0 saturated heterocycles. The van der Waals surface area contributed by atoms with Gasteiger partial charge in [-0.2, -0.15) is 4.99 Å². The van der Waals surface area contributed by atoms with Gasteiger partial charge in [0.05, 0.1) is 17.8 Å². The smallest absolute Gasteiger partial charge is 0.283 e. The van der Waals surface area contributed by atoms with Crippen LogP contribution in [0.1, 0.15) is 16.8 Å². The van der Waals surface area contributed by atoms with Crippen LogP contribution in [0.5, 0.6) is 5.75 Å². The summed E-state index contributed by atoms with van der Waals surface area (Å²) < 4.78 is 8.04. The van der Waals surface area contributed by atoms with E-state index >= 15 is 0 Å². The lowest BCUT2D eigenvalue weighted by molar-refractivity contribution is -0.114. The molecule has 0 radical (unpaired) electrons. The number of hydrogen-bond acceptors (Lipinski definition) is 4. The van der Waals surface area contributed by atoms with Crippen molar-refractivity contribution in [3.05, 3.63) is 113 Å². The molecular formula is C28H24N4O2S. The number of nitrogens with one attached hydrogen (secondary N) is 1. The Hall–Kier alpha value is -4.10. The molecule has 0 unspecified atom stereocenters. The summed E-state index contributed by atoms with van der Waals surface area (Å²) >= 11 is 1.36. The summed E-state index contributed by atoms with van der Waals surface area (Å²) in [5.41, 5.74) is 3.99. The van der Waals surface area contributed by atoms with Gasteiger partial charge in [0.25, 0.3) is 5.91 Å². The first kappa shape index (κ1) is 22.7. The molecule has 2 aliphatic rings. The zero-order valence-electron chi connectivity index (χ0n) is 19.1. The summed E-state index contributed by atoms with van der Waals surface area (Å²) in [6.45, 7) is 4.88. The van der Waals surface area contributed by atoms with Gasteiger partial charge in [-0.05, 0) is 41.8 Å². The molecule has 2 aromatic carbocycles. The van der Waals surface area contributed by atoms with Gasteiger partial charge in [-0.3, -0.25) is 15.1 Å². The molecule has 1 N–H and O–H groups in total. The lowest BCUT2D eigenvalue weighted by Crippen LogP contribution is -2.38. The summed E-state index contributed by atoms with van der Waals surface area (Å²) in [7, 11) is 0. The fourth-order valence-corrected chi connectivity index (χ4v) is 4.94. The molecule has 3 aromatic rings. The Kier molecular flexibility index (Phi) is 6.50. The molecule has 0 bridgehead atoms. The average Bonchev–Trinajstić information content (AvgIpc) is 3.50. The summed E-state index contributed by atoms with van der Waals surface area (Å²) in [5, 5.41) is 11.3. The summed E-state index contributed by atoms with van der Waals surface area (Å²) in [4.78, 5) is 18.8. The van der Waals surface area contributed by atoms with Gasteiger partial charge in [-0.15, -0.1) is 6.58 Å². The van der Waals surface area contributed by atoms with Crippen molar-refractivity contribution >= 4 is 40.4 Å². The van der Waals surface area contributed by atoms with Crippen molar-refractivity contribution in [2.75, 3.05) is 6.61 Å². The van der Waals surface area contributed by atoms with Gasteiger partial charge in [0.2, 0.25) is 0 Å². The summed E-state index contributed by atoms with van der Waals surface area (Å²) in [6.07, 6.45) is 6.29. The third-order valence-corrected chi connectivity index (χ3v) is 6.59. The fraction of sp³-hybridized carbons (Fsp3) is 0.107. The molecule has 7 heteroatoms. The molecule has 174 valence electrons. The zero-order valence-corrected chi connectivity index (χ0v) is 19.9. The van der Waals surface area contributed by atoms with Crippen molar-refractivity contribution in [1.29, 1.82) is 5.41 Å². The molecule has 0 spiro atoms. The number of nitrogens with zero attached hydrogens (tertiary/aromatic N) is 3. The average molecular weight is 481 g/mol. The highest BCUT2D eigenvalue weighted by atomic mass is 32.2. The second kappa shape index (κ2) is 10.0. The van der Waals surface area contributed by atoms with Crippen molar-refractivity contribution in [3.8, 4) is 5.75 Å². The molecule has 2 aliphatic heterocycles. The molecule has 3 heterocycles. The Labute approximate surface area is 208 Å². The Morgan fingerprint density at radius 1 is 1.06 bits per heavy atom. The minimum atomic E-state index is -0.404. The van der Waals surface area contributed by atoms with Crippen LogP contribution >= 0.6 is 11.8 Å². The normalized spacial score (nSPS) is 16.2. The molecule has 0 atom stereocenters. The minimum Gasteiger partial charge on any atom is -0.491 e. The van der Waals surface area contributed by atoms with Gasteiger partial charge >= 0.3 is 0 Å². The maximum atomic E-state index is 12.8. The number of aliphatic imine (C=N–C) groups is 1. The summed E-state index contributed by atoms with van der Waals surface area (Å²) in [6, 6.07) is 21.6. The van der Waals surface area contributed by atoms with Crippen LogP contribution in [0.15, 0.2) is 102 Å². The van der Waals surface area contributed by atoms with Crippen molar-refractivity contribution in [2.24, 2.45) is 4.99 Å². The number of hydrogen-bond donors (Lipinski definition) is 1. The number of carbonyl (C=O) groups excluding carboxylic acids is 1. The van der Waals surface area contributed by atoms with Gasteiger partial charge in [-0.25, -0.2) is 0 Å². The quantitative estimate of drug-likeness (QED) is 0.337. The predicted octanol–water partition coefficient (Wildman–Crippen LogP) is 5.60. The third-order valence-electron chi connectivity index (χ3n) is 5.77. The van der Waals surface area contributed by atoms with Crippen molar-refractivity contribution in [2.45, 2.75) is 13.0 Å². The number of ether oxygens (including phenoxy) is 1. The molecular weight excluding hydrogens is 456 g/mol. The van der Waals surface area contributed by atoms with E-state index in [0.29, 0.717) is 18.3 Å². The largest absolute Gasteiger partial charge is 0.491 e. The Morgan fingerprint density at radius 3 is 2.69 bits per heavy atom. The predicted molar refractivity (Wildman–Crippen MR) is 142 cm³/mol. The number of aromatic nitrogens is 1. The molecule has 5 rings (SSSR count). The first-order valence-corrected chi connectivity index (χ1v) is 12.2. The number of carbonyl (C=O) groups is 1. The maximum absolute atomic E-state index is 12.8. The van der Waals surface area contributed by atoms with Crippen LogP contribution in [-0.4, -0.2) is 33.0 Å². The van der Waals surface area contributed by atoms with Crippen LogP contribution < -0.4 is 4.74 Å². The van der Waals surface area contributed by atoms with Gasteiger partial charge in [0.1, 0.15) is 18.2 Å². The Bertz CT molecular complexity index is 1380. The van der Waals surface area contributed by atoms with E-state index < -0.39 is 5.91 Å². The fourth-order valence-electron chi connectivity index (χ4n) is 4.05. The molecule has 35 heavy (non-hydrogen) atoms. The molecule has 1 amide bonds. The number of benzene rings is 2. The number of fused-ring (bicyclic) bond motifs is 1. The van der Waals surface area contributed by atoms with E-state index in [-0.39, 0.29) is 11.4 Å². The van der Waals surface area contributed by atoms with Crippen molar-refractivity contribution in [3.63, 3.8) is 0 Å². The van der Waals surface area contributed by atoms with E-state index in [1.54, 1.807) is 11.0 Å². The van der Waals surface area contributed by atoms with Crippen LogP contribution in [0.3, 0.4) is 0 Å². The molecule has 0 aliphatic carbocycles. The monoisotopic (exact) mass is 480 g/mol. The lowest BCUT2D eigenvalue weighted by atomic mass is 10.1. The number of para-hydroxylation sites is 1. The van der Waals surface area contributed by atoms with Crippen LogP contribution in [-0.2, 0) is 17.8 Å². The number of thioether (sulfide) groups is 1. The van der Waals surface area contributed by atoms with Crippen LogP contribution in [0.4, 0.5) is 0 Å².